The Labute approximate surface area is 150 Å². The van der Waals surface area contributed by atoms with Gasteiger partial charge in [0.1, 0.15) is 12.4 Å². The molecule has 4 rings (SSSR count). The lowest BCUT2D eigenvalue weighted by Crippen LogP contribution is -2.26. The van der Waals surface area contributed by atoms with Crippen molar-refractivity contribution in [3.63, 3.8) is 0 Å². The van der Waals surface area contributed by atoms with Gasteiger partial charge in [-0.1, -0.05) is 6.07 Å². The maximum atomic E-state index is 12.3. The number of esters is 1. The topological polar surface area (TPSA) is 91.7 Å². The van der Waals surface area contributed by atoms with Gasteiger partial charge in [0.15, 0.2) is 11.5 Å². The van der Waals surface area contributed by atoms with Crippen molar-refractivity contribution in [2.24, 2.45) is 0 Å². The Kier molecular flexibility index (Phi) is 4.02. The van der Waals surface area contributed by atoms with Crippen LogP contribution in [-0.2, 0) is 20.9 Å². The summed E-state index contributed by atoms with van der Waals surface area (Å²) in [6.45, 7) is 4.08. The Morgan fingerprint density at radius 2 is 2.19 bits per heavy atom. The number of anilines is 1. The van der Waals surface area contributed by atoms with Gasteiger partial charge in [-0.2, -0.15) is 5.10 Å². The minimum atomic E-state index is -0.391. The zero-order valence-corrected chi connectivity index (χ0v) is 14.6. The molecule has 8 heteroatoms. The Bertz CT molecular complexity index is 889. The third kappa shape index (κ3) is 2.77. The van der Waals surface area contributed by atoms with Crippen LogP contribution in [0, 0.1) is 6.92 Å². The molecular weight excluding hydrogens is 338 g/mol. The fourth-order valence-electron chi connectivity index (χ4n) is 3.47. The van der Waals surface area contributed by atoms with Crippen LogP contribution in [0.5, 0.6) is 11.5 Å². The van der Waals surface area contributed by atoms with Crippen LogP contribution in [0.2, 0.25) is 0 Å². The van der Waals surface area contributed by atoms with Crippen molar-refractivity contribution in [2.45, 2.75) is 32.7 Å². The van der Waals surface area contributed by atoms with Crippen molar-refractivity contribution >= 4 is 17.7 Å². The number of aryl methyl sites for hydroxylation is 1. The first-order valence-electron chi connectivity index (χ1n) is 8.49. The van der Waals surface area contributed by atoms with E-state index < -0.39 is 5.97 Å². The van der Waals surface area contributed by atoms with Gasteiger partial charge in [-0.3, -0.25) is 9.59 Å². The maximum absolute atomic E-state index is 12.3. The van der Waals surface area contributed by atoms with E-state index in [0.29, 0.717) is 30.3 Å². The number of benzene rings is 1. The van der Waals surface area contributed by atoms with Gasteiger partial charge in [0.2, 0.25) is 12.7 Å². The van der Waals surface area contributed by atoms with Crippen molar-refractivity contribution in [1.29, 1.82) is 0 Å². The van der Waals surface area contributed by atoms with Crippen molar-refractivity contribution < 1.29 is 23.8 Å². The van der Waals surface area contributed by atoms with Crippen LogP contribution < -0.4 is 14.8 Å². The molecule has 1 atom stereocenters. The molecule has 1 unspecified atom stereocenters. The molecule has 2 aliphatic heterocycles. The number of hydrogen-bond donors (Lipinski definition) is 1. The maximum Gasteiger partial charge on any atom is 0.327 e. The highest BCUT2D eigenvalue weighted by Crippen LogP contribution is 2.42. The molecule has 1 N–H and O–H groups in total. The van der Waals surface area contributed by atoms with Gasteiger partial charge in [0, 0.05) is 17.9 Å². The molecule has 0 fully saturated rings. The van der Waals surface area contributed by atoms with E-state index in [1.165, 1.54) is 4.68 Å². The number of aromatic nitrogens is 2. The molecule has 136 valence electrons. The molecule has 2 aromatic rings. The van der Waals surface area contributed by atoms with E-state index in [1.807, 2.05) is 25.1 Å². The monoisotopic (exact) mass is 357 g/mol. The molecule has 1 amide bonds. The quantitative estimate of drug-likeness (QED) is 0.841. The van der Waals surface area contributed by atoms with Crippen molar-refractivity contribution in [3.8, 4) is 11.5 Å². The molecule has 1 aromatic carbocycles. The van der Waals surface area contributed by atoms with Crippen LogP contribution in [0.1, 0.15) is 36.1 Å². The van der Waals surface area contributed by atoms with E-state index in [0.717, 1.165) is 16.8 Å². The number of nitrogens with one attached hydrogen (secondary N) is 1. The molecule has 1 aromatic heterocycles. The molecule has 0 saturated heterocycles. The Hall–Kier alpha value is -3.03. The zero-order chi connectivity index (χ0) is 18.3. The average Bonchev–Trinajstić information content (AvgIpc) is 3.19. The van der Waals surface area contributed by atoms with Gasteiger partial charge in [-0.05, 0) is 31.5 Å². The standard InChI is InChI=1S/C18H19N3O5/c1-3-24-16(23)8-21-18-17(10(2)20-21)12(7-15(22)19-18)11-4-5-13-14(6-11)26-9-25-13/h4-6,12H,3,7-9H2,1-2H3,(H,19,22). The number of fused-ring (bicyclic) bond motifs is 2. The highest BCUT2D eigenvalue weighted by Gasteiger charge is 2.33. The van der Waals surface area contributed by atoms with Gasteiger partial charge in [-0.15, -0.1) is 0 Å². The van der Waals surface area contributed by atoms with Gasteiger partial charge >= 0.3 is 5.97 Å². The lowest BCUT2D eigenvalue weighted by Gasteiger charge is -2.24. The first-order valence-corrected chi connectivity index (χ1v) is 8.49. The fourth-order valence-corrected chi connectivity index (χ4v) is 3.47. The predicted octanol–water partition coefficient (Wildman–Crippen LogP) is 1.96. The highest BCUT2D eigenvalue weighted by molar-refractivity contribution is 5.95. The van der Waals surface area contributed by atoms with E-state index in [9.17, 15) is 9.59 Å². The molecule has 2 aliphatic rings. The Morgan fingerprint density at radius 1 is 1.38 bits per heavy atom. The number of ether oxygens (including phenoxy) is 3. The summed E-state index contributed by atoms with van der Waals surface area (Å²) in [7, 11) is 0. The number of carbonyl (C=O) groups excluding carboxylic acids is 2. The minimum Gasteiger partial charge on any atom is -0.465 e. The van der Waals surface area contributed by atoms with Crippen molar-refractivity contribution in [1.82, 2.24) is 9.78 Å². The second-order valence-electron chi connectivity index (χ2n) is 6.23. The molecule has 26 heavy (non-hydrogen) atoms. The number of nitrogens with zero attached hydrogens (tertiary/aromatic N) is 2. The summed E-state index contributed by atoms with van der Waals surface area (Å²) < 4.78 is 17.3. The molecule has 3 heterocycles. The van der Waals surface area contributed by atoms with Crippen LogP contribution in [0.25, 0.3) is 0 Å². The van der Waals surface area contributed by atoms with Crippen molar-refractivity contribution in [2.75, 3.05) is 18.7 Å². The highest BCUT2D eigenvalue weighted by atomic mass is 16.7. The van der Waals surface area contributed by atoms with Gasteiger partial charge in [0.05, 0.1) is 12.3 Å². The van der Waals surface area contributed by atoms with Crippen LogP contribution in [0.4, 0.5) is 5.82 Å². The number of rotatable bonds is 4. The molecule has 0 bridgehead atoms. The largest absolute Gasteiger partial charge is 0.465 e. The SMILES string of the molecule is CCOC(=O)Cn1nc(C)c2c1NC(=O)CC2c1ccc2c(c1)OCO2. The van der Waals surface area contributed by atoms with Crippen LogP contribution in [-0.4, -0.2) is 35.1 Å². The molecule has 0 radical (unpaired) electrons. The second kappa shape index (κ2) is 6.36. The normalized spacial score (nSPS) is 17.6. The molecule has 0 spiro atoms. The zero-order valence-electron chi connectivity index (χ0n) is 14.6. The first kappa shape index (κ1) is 16.4. The van der Waals surface area contributed by atoms with Crippen LogP contribution in [0.15, 0.2) is 18.2 Å². The van der Waals surface area contributed by atoms with E-state index >= 15 is 0 Å². The number of hydrogen-bond acceptors (Lipinski definition) is 6. The summed E-state index contributed by atoms with van der Waals surface area (Å²) in [5, 5.41) is 7.29. The smallest absolute Gasteiger partial charge is 0.327 e. The molecule has 0 saturated carbocycles. The number of carbonyl (C=O) groups is 2. The third-order valence-corrected chi connectivity index (χ3v) is 4.55. The Balaban J connectivity index is 1.73. The van der Waals surface area contributed by atoms with Crippen molar-refractivity contribution in [3.05, 3.63) is 35.0 Å². The van der Waals surface area contributed by atoms with E-state index in [2.05, 4.69) is 10.4 Å². The number of amides is 1. The average molecular weight is 357 g/mol. The van der Waals surface area contributed by atoms with E-state index in [-0.39, 0.29) is 25.2 Å². The predicted molar refractivity (Wildman–Crippen MR) is 91.3 cm³/mol. The van der Waals surface area contributed by atoms with Crippen LogP contribution >= 0.6 is 0 Å². The van der Waals surface area contributed by atoms with Crippen LogP contribution in [0.3, 0.4) is 0 Å². The summed E-state index contributed by atoms with van der Waals surface area (Å²) >= 11 is 0. The first-order chi connectivity index (χ1) is 12.6. The minimum absolute atomic E-state index is 0.0435. The van der Waals surface area contributed by atoms with E-state index in [1.54, 1.807) is 6.92 Å². The van der Waals surface area contributed by atoms with Gasteiger partial charge < -0.3 is 19.5 Å². The summed E-state index contributed by atoms with van der Waals surface area (Å²) in [4.78, 5) is 24.1. The van der Waals surface area contributed by atoms with E-state index in [4.69, 9.17) is 14.2 Å². The summed E-state index contributed by atoms with van der Waals surface area (Å²) in [6, 6.07) is 5.68. The fraction of sp³-hybridized carbons (Fsp3) is 0.389. The summed E-state index contributed by atoms with van der Waals surface area (Å²) in [5.74, 6) is 1.25. The van der Waals surface area contributed by atoms with Gasteiger partial charge in [0.25, 0.3) is 0 Å². The Morgan fingerprint density at radius 3 is 3.00 bits per heavy atom. The lowest BCUT2D eigenvalue weighted by atomic mass is 9.85. The third-order valence-electron chi connectivity index (χ3n) is 4.55. The molecular formula is C18H19N3O5. The van der Waals surface area contributed by atoms with Gasteiger partial charge in [-0.25, -0.2) is 4.68 Å². The summed E-state index contributed by atoms with van der Waals surface area (Å²) in [5.41, 5.74) is 2.63. The second-order valence-corrected chi connectivity index (χ2v) is 6.23. The summed E-state index contributed by atoms with van der Waals surface area (Å²) in [6.07, 6.45) is 0.304. The lowest BCUT2D eigenvalue weighted by molar-refractivity contribution is -0.144. The molecule has 8 nitrogen and oxygen atoms in total. The molecule has 0 aliphatic carbocycles.